The van der Waals surface area contributed by atoms with Crippen molar-refractivity contribution in [3.05, 3.63) is 35.4 Å². The Morgan fingerprint density at radius 2 is 1.52 bits per heavy atom. The van der Waals surface area contributed by atoms with Crippen LogP contribution in [0.2, 0.25) is 0 Å². The van der Waals surface area contributed by atoms with Gasteiger partial charge in [0.15, 0.2) is 0 Å². The number of benzene rings is 1. The summed E-state index contributed by atoms with van der Waals surface area (Å²) >= 11 is 5.62. The smallest absolute Gasteiger partial charge is 0.262 e. The summed E-state index contributed by atoms with van der Waals surface area (Å²) in [5.41, 5.74) is 0.661. The van der Waals surface area contributed by atoms with Crippen LogP contribution in [0, 0.1) is 0 Å². The van der Waals surface area contributed by atoms with E-state index in [-0.39, 0.29) is 11.8 Å². The molecule has 1 unspecified atom stereocenters. The molecule has 4 amide bonds. The first-order valence-electron chi connectivity index (χ1n) is 9.05. The lowest BCUT2D eigenvalue weighted by molar-refractivity contribution is -0.141. The van der Waals surface area contributed by atoms with E-state index in [1.165, 1.54) is 0 Å². The maximum atomic E-state index is 12.8. The van der Waals surface area contributed by atoms with Crippen LogP contribution in [0.1, 0.15) is 40.5 Å². The van der Waals surface area contributed by atoms with Gasteiger partial charge in [0.05, 0.1) is 11.1 Å². The highest BCUT2D eigenvalue weighted by Crippen LogP contribution is 2.25. The van der Waals surface area contributed by atoms with Gasteiger partial charge in [-0.1, -0.05) is 12.1 Å². The molecule has 1 atom stereocenters. The lowest BCUT2D eigenvalue weighted by Crippen LogP contribution is -2.56. The summed E-state index contributed by atoms with van der Waals surface area (Å²) in [6, 6.07) is 5.70. The number of imide groups is 1. The summed E-state index contributed by atoms with van der Waals surface area (Å²) in [4.78, 5) is 54.4. The van der Waals surface area contributed by atoms with Crippen LogP contribution in [0.4, 0.5) is 0 Å². The van der Waals surface area contributed by atoms with Crippen LogP contribution >= 0.6 is 11.6 Å². The molecule has 0 bridgehead atoms. The van der Waals surface area contributed by atoms with E-state index in [2.05, 4.69) is 0 Å². The third-order valence-electron chi connectivity index (χ3n) is 5.04. The second kappa shape index (κ2) is 8.08. The fraction of sp³-hybridized carbons (Fsp3) is 0.474. The molecule has 1 saturated heterocycles. The first-order valence-corrected chi connectivity index (χ1v) is 9.58. The normalized spacial score (nSPS) is 17.9. The second-order valence-corrected chi connectivity index (χ2v) is 7.08. The van der Waals surface area contributed by atoms with Gasteiger partial charge in [-0.3, -0.25) is 24.1 Å². The Balaban J connectivity index is 1.62. The quantitative estimate of drug-likeness (QED) is 0.561. The highest BCUT2D eigenvalue weighted by Gasteiger charge is 2.42. The standard InChI is InChI=1S/C19H22ClN3O4/c1-13(23-18(26)14-5-2-3-6-15(14)19(23)27)17(25)22-11-9-21(10-12-22)16(24)7-4-8-20/h2-3,5-6,13H,4,7-12H2,1H3. The molecule has 0 spiro atoms. The molecule has 0 N–H and O–H groups in total. The molecule has 8 heteroatoms. The number of fused-ring (bicyclic) bond motifs is 1. The summed E-state index contributed by atoms with van der Waals surface area (Å²) in [5, 5.41) is 0. The monoisotopic (exact) mass is 391 g/mol. The molecular formula is C19H22ClN3O4. The van der Waals surface area contributed by atoms with E-state index in [0.29, 0.717) is 56.0 Å². The molecule has 0 aliphatic carbocycles. The molecule has 144 valence electrons. The van der Waals surface area contributed by atoms with Crippen LogP contribution in [-0.2, 0) is 9.59 Å². The third-order valence-corrected chi connectivity index (χ3v) is 5.31. The third kappa shape index (κ3) is 3.69. The van der Waals surface area contributed by atoms with E-state index in [4.69, 9.17) is 11.6 Å². The number of carbonyl (C=O) groups excluding carboxylic acids is 4. The minimum Gasteiger partial charge on any atom is -0.339 e. The fourth-order valence-corrected chi connectivity index (χ4v) is 3.62. The van der Waals surface area contributed by atoms with Crippen molar-refractivity contribution in [2.45, 2.75) is 25.8 Å². The average Bonchev–Trinajstić information content (AvgIpc) is 2.96. The predicted octanol–water partition coefficient (Wildman–Crippen LogP) is 1.36. The van der Waals surface area contributed by atoms with E-state index in [1.807, 2.05) is 0 Å². The zero-order valence-corrected chi connectivity index (χ0v) is 15.9. The number of halogens is 1. The zero-order valence-electron chi connectivity index (χ0n) is 15.2. The lowest BCUT2D eigenvalue weighted by Gasteiger charge is -2.37. The maximum absolute atomic E-state index is 12.8. The number of piperazine rings is 1. The molecule has 1 aromatic rings. The lowest BCUT2D eigenvalue weighted by atomic mass is 10.1. The number of alkyl halides is 1. The van der Waals surface area contributed by atoms with Crippen molar-refractivity contribution in [3.63, 3.8) is 0 Å². The fourth-order valence-electron chi connectivity index (χ4n) is 3.49. The van der Waals surface area contributed by atoms with Crippen molar-refractivity contribution >= 4 is 35.2 Å². The highest BCUT2D eigenvalue weighted by atomic mass is 35.5. The van der Waals surface area contributed by atoms with Gasteiger partial charge >= 0.3 is 0 Å². The first kappa shape index (κ1) is 19.4. The molecule has 0 saturated carbocycles. The first-order chi connectivity index (χ1) is 13.0. The van der Waals surface area contributed by atoms with Crippen LogP contribution in [0.5, 0.6) is 0 Å². The number of hydrogen-bond acceptors (Lipinski definition) is 4. The van der Waals surface area contributed by atoms with Crippen molar-refractivity contribution in [1.29, 1.82) is 0 Å². The molecule has 1 fully saturated rings. The zero-order chi connectivity index (χ0) is 19.6. The molecule has 27 heavy (non-hydrogen) atoms. The Labute approximate surface area is 162 Å². The van der Waals surface area contributed by atoms with Gasteiger partial charge < -0.3 is 9.80 Å². The van der Waals surface area contributed by atoms with Gasteiger partial charge in [-0.25, -0.2) is 0 Å². The molecule has 3 rings (SSSR count). The van der Waals surface area contributed by atoms with Crippen molar-refractivity contribution in [1.82, 2.24) is 14.7 Å². The molecule has 0 aromatic heterocycles. The predicted molar refractivity (Wildman–Crippen MR) is 99.5 cm³/mol. The summed E-state index contributed by atoms with van der Waals surface area (Å²) in [5.74, 6) is -0.673. The Kier molecular flexibility index (Phi) is 5.79. The van der Waals surface area contributed by atoms with Gasteiger partial charge in [0, 0.05) is 38.5 Å². The topological polar surface area (TPSA) is 78.0 Å². The van der Waals surface area contributed by atoms with Crippen molar-refractivity contribution in [3.8, 4) is 0 Å². The molecule has 2 aliphatic rings. The summed E-state index contributed by atoms with van der Waals surface area (Å²) in [7, 11) is 0. The van der Waals surface area contributed by atoms with E-state index < -0.39 is 17.9 Å². The van der Waals surface area contributed by atoms with E-state index in [1.54, 1.807) is 41.0 Å². The molecule has 2 heterocycles. The van der Waals surface area contributed by atoms with E-state index >= 15 is 0 Å². The van der Waals surface area contributed by atoms with Gasteiger partial charge in [0.1, 0.15) is 6.04 Å². The summed E-state index contributed by atoms with van der Waals surface area (Å²) in [6.45, 7) is 3.24. The van der Waals surface area contributed by atoms with Gasteiger partial charge in [-0.05, 0) is 25.5 Å². The molecule has 1 aromatic carbocycles. The summed E-state index contributed by atoms with van der Waals surface area (Å²) < 4.78 is 0. The summed E-state index contributed by atoms with van der Waals surface area (Å²) in [6.07, 6.45) is 1.04. The maximum Gasteiger partial charge on any atom is 0.262 e. The Bertz CT molecular complexity index is 739. The van der Waals surface area contributed by atoms with Crippen LogP contribution < -0.4 is 0 Å². The Morgan fingerprint density at radius 1 is 1.00 bits per heavy atom. The minimum absolute atomic E-state index is 0.0381. The van der Waals surface area contributed by atoms with Crippen LogP contribution in [0.25, 0.3) is 0 Å². The van der Waals surface area contributed by atoms with Gasteiger partial charge in [-0.2, -0.15) is 0 Å². The van der Waals surface area contributed by atoms with Crippen molar-refractivity contribution in [2.75, 3.05) is 32.1 Å². The largest absolute Gasteiger partial charge is 0.339 e. The Hall–Kier alpha value is -2.41. The SMILES string of the molecule is CC(C(=O)N1CCN(C(=O)CCCCl)CC1)N1C(=O)c2ccccc2C1=O. The average molecular weight is 392 g/mol. The number of rotatable bonds is 5. The molecule has 2 aliphatic heterocycles. The number of carbonyl (C=O) groups is 4. The molecule has 0 radical (unpaired) electrons. The van der Waals surface area contributed by atoms with Crippen LogP contribution in [-0.4, -0.2) is 76.4 Å². The molecule has 7 nitrogen and oxygen atoms in total. The molecular weight excluding hydrogens is 370 g/mol. The Morgan fingerprint density at radius 3 is 2.04 bits per heavy atom. The second-order valence-electron chi connectivity index (χ2n) is 6.70. The van der Waals surface area contributed by atoms with Gasteiger partial charge in [-0.15, -0.1) is 11.6 Å². The van der Waals surface area contributed by atoms with Crippen LogP contribution in [0.15, 0.2) is 24.3 Å². The van der Waals surface area contributed by atoms with Gasteiger partial charge in [0.25, 0.3) is 11.8 Å². The number of nitrogens with zero attached hydrogens (tertiary/aromatic N) is 3. The van der Waals surface area contributed by atoms with Crippen molar-refractivity contribution in [2.24, 2.45) is 0 Å². The number of amides is 4. The van der Waals surface area contributed by atoms with E-state index in [0.717, 1.165) is 4.90 Å². The van der Waals surface area contributed by atoms with Gasteiger partial charge in [0.2, 0.25) is 11.8 Å². The minimum atomic E-state index is -0.879. The van der Waals surface area contributed by atoms with Crippen LogP contribution in [0.3, 0.4) is 0 Å². The highest BCUT2D eigenvalue weighted by molar-refractivity contribution is 6.22. The van der Waals surface area contributed by atoms with Crippen molar-refractivity contribution < 1.29 is 19.2 Å². The van der Waals surface area contributed by atoms with E-state index in [9.17, 15) is 19.2 Å². The number of hydrogen-bond donors (Lipinski definition) is 0.